The lowest BCUT2D eigenvalue weighted by atomic mass is 10.3. The molecule has 6 heteroatoms. The molecule has 0 aliphatic rings. The van der Waals surface area contributed by atoms with Crippen molar-refractivity contribution in [1.29, 1.82) is 0 Å². The highest BCUT2D eigenvalue weighted by Gasteiger charge is 2.05. The fourth-order valence-electron chi connectivity index (χ4n) is 2.11. The van der Waals surface area contributed by atoms with Gasteiger partial charge >= 0.3 is 5.69 Å². The fraction of sp³-hybridized carbons (Fsp3) is 0.286. The zero-order chi connectivity index (χ0) is 13.9. The Kier molecular flexibility index (Phi) is 3.93. The topological polar surface area (TPSA) is 50.7 Å². The number of aryl methyl sites for hydroxylation is 2. The van der Waals surface area contributed by atoms with Crippen molar-refractivity contribution in [2.24, 2.45) is 0 Å². The van der Waals surface area contributed by atoms with Gasteiger partial charge in [-0.1, -0.05) is 23.9 Å². The maximum absolute atomic E-state index is 11.9. The van der Waals surface area contributed by atoms with Gasteiger partial charge in [-0.2, -0.15) is 0 Å². The van der Waals surface area contributed by atoms with E-state index in [1.807, 2.05) is 35.8 Å². The molecule has 1 N–H and O–H groups in total. The molecule has 4 nitrogen and oxygen atoms in total. The highest BCUT2D eigenvalue weighted by molar-refractivity contribution is 8.00. The van der Waals surface area contributed by atoms with Crippen LogP contribution in [0.1, 0.15) is 12.1 Å². The third-order valence-electron chi connectivity index (χ3n) is 3.03. The summed E-state index contributed by atoms with van der Waals surface area (Å²) in [7, 11) is 0. The van der Waals surface area contributed by atoms with E-state index in [-0.39, 0.29) is 5.69 Å². The monoisotopic (exact) mass is 305 g/mol. The molecule has 3 aromatic rings. The van der Waals surface area contributed by atoms with Crippen molar-refractivity contribution in [2.45, 2.75) is 24.2 Å². The van der Waals surface area contributed by atoms with E-state index < -0.39 is 0 Å². The number of fused-ring (bicyclic) bond motifs is 1. The maximum Gasteiger partial charge on any atom is 0.326 e. The van der Waals surface area contributed by atoms with Crippen molar-refractivity contribution in [1.82, 2.24) is 14.5 Å². The molecule has 0 atom stereocenters. The molecule has 2 heterocycles. The summed E-state index contributed by atoms with van der Waals surface area (Å²) >= 11 is 3.44. The van der Waals surface area contributed by atoms with Crippen LogP contribution in [-0.2, 0) is 6.54 Å². The highest BCUT2D eigenvalue weighted by Crippen LogP contribution is 2.23. The number of thiazole rings is 1. The van der Waals surface area contributed by atoms with Crippen molar-refractivity contribution >= 4 is 34.1 Å². The van der Waals surface area contributed by atoms with Crippen molar-refractivity contribution < 1.29 is 0 Å². The van der Waals surface area contributed by atoms with Crippen LogP contribution in [0.2, 0.25) is 0 Å². The Bertz CT molecular complexity index is 772. The molecule has 0 unspecified atom stereocenters. The summed E-state index contributed by atoms with van der Waals surface area (Å²) in [6.45, 7) is 2.74. The third-order valence-corrected chi connectivity index (χ3v) is 5.26. The Morgan fingerprint density at radius 2 is 2.25 bits per heavy atom. The number of H-pyrrole nitrogens is 1. The first-order valence-electron chi connectivity index (χ1n) is 6.46. The van der Waals surface area contributed by atoms with E-state index >= 15 is 0 Å². The van der Waals surface area contributed by atoms with E-state index in [1.165, 1.54) is 0 Å². The molecule has 0 aliphatic heterocycles. The Morgan fingerprint density at radius 3 is 3.05 bits per heavy atom. The molecule has 0 saturated heterocycles. The van der Waals surface area contributed by atoms with Crippen LogP contribution in [0.25, 0.3) is 11.0 Å². The predicted octanol–water partition coefficient (Wildman–Crippen LogP) is 3.28. The Labute approximate surface area is 124 Å². The number of para-hydroxylation sites is 2. The number of aromatic amines is 1. The molecular weight excluding hydrogens is 290 g/mol. The molecule has 2 aromatic heterocycles. The van der Waals surface area contributed by atoms with E-state index in [2.05, 4.69) is 15.3 Å². The van der Waals surface area contributed by atoms with Crippen molar-refractivity contribution in [3.8, 4) is 0 Å². The molecule has 3 rings (SSSR count). The molecule has 0 saturated carbocycles. The van der Waals surface area contributed by atoms with Gasteiger partial charge in [0.05, 0.1) is 11.0 Å². The highest BCUT2D eigenvalue weighted by atomic mass is 32.2. The second kappa shape index (κ2) is 5.85. The molecule has 20 heavy (non-hydrogen) atoms. The number of thioether (sulfide) groups is 1. The molecule has 104 valence electrons. The average molecular weight is 305 g/mol. The van der Waals surface area contributed by atoms with Crippen molar-refractivity contribution in [3.63, 3.8) is 0 Å². The number of benzene rings is 1. The summed E-state index contributed by atoms with van der Waals surface area (Å²) in [4.78, 5) is 19.2. The fourth-order valence-corrected chi connectivity index (χ4v) is 3.95. The lowest BCUT2D eigenvalue weighted by Gasteiger charge is -2.02. The van der Waals surface area contributed by atoms with E-state index in [9.17, 15) is 4.79 Å². The van der Waals surface area contributed by atoms with E-state index in [0.29, 0.717) is 0 Å². The average Bonchev–Trinajstić information content (AvgIpc) is 2.98. The van der Waals surface area contributed by atoms with E-state index in [1.54, 1.807) is 23.1 Å². The summed E-state index contributed by atoms with van der Waals surface area (Å²) in [6, 6.07) is 7.80. The van der Waals surface area contributed by atoms with Crippen LogP contribution in [0.5, 0.6) is 0 Å². The summed E-state index contributed by atoms with van der Waals surface area (Å²) in [5, 5.41) is 2.06. The van der Waals surface area contributed by atoms with Gasteiger partial charge in [0.2, 0.25) is 0 Å². The lowest BCUT2D eigenvalue weighted by molar-refractivity contribution is 0.679. The van der Waals surface area contributed by atoms with Gasteiger partial charge in [-0.15, -0.1) is 11.3 Å². The lowest BCUT2D eigenvalue weighted by Crippen LogP contribution is -2.17. The van der Waals surface area contributed by atoms with Crippen LogP contribution >= 0.6 is 23.1 Å². The Hall–Kier alpha value is -1.53. The number of hydrogen-bond acceptors (Lipinski definition) is 4. The van der Waals surface area contributed by atoms with Gasteiger partial charge in [0.1, 0.15) is 4.34 Å². The predicted molar refractivity (Wildman–Crippen MR) is 84.8 cm³/mol. The van der Waals surface area contributed by atoms with Gasteiger partial charge in [-0.3, -0.25) is 4.57 Å². The van der Waals surface area contributed by atoms with Crippen LogP contribution in [0.3, 0.4) is 0 Å². The number of nitrogens with zero attached hydrogens (tertiary/aromatic N) is 2. The minimum Gasteiger partial charge on any atom is -0.306 e. The Balaban J connectivity index is 1.62. The quantitative estimate of drug-likeness (QED) is 0.581. The Morgan fingerprint density at radius 1 is 1.40 bits per heavy atom. The second-order valence-electron chi connectivity index (χ2n) is 4.56. The first-order valence-corrected chi connectivity index (χ1v) is 8.33. The number of nitrogens with one attached hydrogen (secondary N) is 1. The van der Waals surface area contributed by atoms with Crippen LogP contribution in [0.4, 0.5) is 0 Å². The van der Waals surface area contributed by atoms with Gasteiger partial charge in [0, 0.05) is 23.4 Å². The molecular formula is C14H15N3OS2. The van der Waals surface area contributed by atoms with Gasteiger partial charge in [0.15, 0.2) is 0 Å². The van der Waals surface area contributed by atoms with Crippen molar-refractivity contribution in [3.05, 3.63) is 45.8 Å². The smallest absolute Gasteiger partial charge is 0.306 e. The van der Waals surface area contributed by atoms with E-state index in [4.69, 9.17) is 0 Å². The normalized spacial score (nSPS) is 11.2. The van der Waals surface area contributed by atoms with Crippen LogP contribution in [0, 0.1) is 6.92 Å². The van der Waals surface area contributed by atoms with Crippen LogP contribution in [0.15, 0.2) is 38.8 Å². The summed E-state index contributed by atoms with van der Waals surface area (Å²) < 4.78 is 2.91. The molecule has 0 spiro atoms. The number of aromatic nitrogens is 3. The molecule has 0 amide bonds. The number of imidazole rings is 1. The molecule has 0 bridgehead atoms. The first kappa shape index (κ1) is 13.5. The summed E-state index contributed by atoms with van der Waals surface area (Å²) in [5.74, 6) is 0.971. The summed E-state index contributed by atoms with van der Waals surface area (Å²) in [5.41, 5.74) is 2.93. The number of rotatable bonds is 5. The first-order chi connectivity index (χ1) is 9.74. The zero-order valence-electron chi connectivity index (χ0n) is 11.1. The molecule has 1 aromatic carbocycles. The van der Waals surface area contributed by atoms with Crippen molar-refractivity contribution in [2.75, 3.05) is 5.75 Å². The minimum absolute atomic E-state index is 0.0266. The summed E-state index contributed by atoms with van der Waals surface area (Å²) in [6.07, 6.45) is 0.949. The van der Waals surface area contributed by atoms with Gasteiger partial charge in [0.25, 0.3) is 0 Å². The minimum atomic E-state index is -0.0266. The standard InChI is InChI=1S/C14H15N3OS2/c1-10-9-20-14(15-10)19-8-4-7-17-12-6-3-2-5-11(12)16-13(17)18/h2-3,5-6,9H,4,7-8H2,1H3,(H,16,18). The van der Waals surface area contributed by atoms with Gasteiger partial charge in [-0.05, 0) is 25.5 Å². The van der Waals surface area contributed by atoms with Crippen LogP contribution < -0.4 is 5.69 Å². The zero-order valence-corrected chi connectivity index (χ0v) is 12.8. The SMILES string of the molecule is Cc1csc(SCCCn2c(=O)[nH]c3ccccc32)n1. The van der Waals surface area contributed by atoms with E-state index in [0.717, 1.165) is 39.8 Å². The van der Waals surface area contributed by atoms with Crippen LogP contribution in [-0.4, -0.2) is 20.3 Å². The second-order valence-corrected chi connectivity index (χ2v) is 6.76. The molecule has 0 aliphatic carbocycles. The van der Waals surface area contributed by atoms with Gasteiger partial charge in [-0.25, -0.2) is 9.78 Å². The molecule has 0 fully saturated rings. The molecule has 0 radical (unpaired) electrons. The largest absolute Gasteiger partial charge is 0.326 e. The third kappa shape index (κ3) is 2.81. The van der Waals surface area contributed by atoms with Gasteiger partial charge < -0.3 is 4.98 Å². The maximum atomic E-state index is 11.9. The number of hydrogen-bond donors (Lipinski definition) is 1.